The van der Waals surface area contributed by atoms with Crippen LogP contribution in [0.15, 0.2) is 0 Å². The average molecular weight is 323 g/mol. The number of carbonyl (C=O) groups is 1. The fourth-order valence-electron chi connectivity index (χ4n) is 4.52. The van der Waals surface area contributed by atoms with E-state index in [2.05, 4.69) is 22.0 Å². The lowest BCUT2D eigenvalue weighted by atomic mass is 9.86. The van der Waals surface area contributed by atoms with Crippen molar-refractivity contribution < 1.29 is 9.53 Å². The summed E-state index contributed by atoms with van der Waals surface area (Å²) in [5.41, 5.74) is -0.576. The highest BCUT2D eigenvalue weighted by Crippen LogP contribution is 2.29. The van der Waals surface area contributed by atoms with Gasteiger partial charge in [0.2, 0.25) is 0 Å². The van der Waals surface area contributed by atoms with Gasteiger partial charge in [-0.05, 0) is 57.5 Å². The van der Waals surface area contributed by atoms with Gasteiger partial charge in [0.15, 0.2) is 0 Å². The van der Waals surface area contributed by atoms with E-state index in [1.807, 2.05) is 0 Å². The number of nitrogens with one attached hydrogen (secondary N) is 1. The standard InChI is InChI=1S/C18H33N3O2/c1-15-3-5-16(6-4-15)20-11-13-21(14-12-20)17(22)18(23-2)7-9-19-10-8-18/h15-16,19H,3-14H2,1-2H3. The summed E-state index contributed by atoms with van der Waals surface area (Å²) in [6.45, 7) is 7.91. The van der Waals surface area contributed by atoms with Gasteiger partial charge in [-0.1, -0.05) is 6.92 Å². The molecule has 5 nitrogen and oxygen atoms in total. The van der Waals surface area contributed by atoms with E-state index in [0.29, 0.717) is 0 Å². The summed E-state index contributed by atoms with van der Waals surface area (Å²) in [5, 5.41) is 3.33. The lowest BCUT2D eigenvalue weighted by molar-refractivity contribution is -0.160. The van der Waals surface area contributed by atoms with Crippen LogP contribution in [0.4, 0.5) is 0 Å². The lowest BCUT2D eigenvalue weighted by Crippen LogP contribution is -2.60. The molecule has 0 spiro atoms. The highest BCUT2D eigenvalue weighted by Gasteiger charge is 2.43. The third-order valence-electron chi connectivity index (χ3n) is 6.29. The van der Waals surface area contributed by atoms with Crippen molar-refractivity contribution in [1.82, 2.24) is 15.1 Å². The molecule has 3 fully saturated rings. The fourth-order valence-corrected chi connectivity index (χ4v) is 4.52. The molecule has 0 aromatic rings. The van der Waals surface area contributed by atoms with Crippen molar-refractivity contribution in [3.8, 4) is 0 Å². The molecule has 0 bridgehead atoms. The van der Waals surface area contributed by atoms with Crippen molar-refractivity contribution in [1.29, 1.82) is 0 Å². The van der Waals surface area contributed by atoms with Crippen molar-refractivity contribution in [2.45, 2.75) is 57.1 Å². The van der Waals surface area contributed by atoms with Gasteiger partial charge in [-0.2, -0.15) is 0 Å². The highest BCUT2D eigenvalue weighted by molar-refractivity contribution is 5.85. The molecule has 2 saturated heterocycles. The molecule has 23 heavy (non-hydrogen) atoms. The number of piperidine rings is 1. The topological polar surface area (TPSA) is 44.8 Å². The highest BCUT2D eigenvalue weighted by atomic mass is 16.5. The number of piperazine rings is 1. The summed E-state index contributed by atoms with van der Waals surface area (Å²) in [5.74, 6) is 1.12. The van der Waals surface area contributed by atoms with Gasteiger partial charge >= 0.3 is 0 Å². The zero-order valence-corrected chi connectivity index (χ0v) is 14.9. The Bertz CT molecular complexity index is 393. The number of carbonyl (C=O) groups excluding carboxylic acids is 1. The molecule has 0 aromatic carbocycles. The van der Waals surface area contributed by atoms with Crippen LogP contribution >= 0.6 is 0 Å². The maximum absolute atomic E-state index is 13.0. The molecule has 1 amide bonds. The predicted octanol–water partition coefficient (Wildman–Crippen LogP) is 1.48. The van der Waals surface area contributed by atoms with Gasteiger partial charge in [0, 0.05) is 39.3 Å². The molecule has 5 heteroatoms. The Kier molecular flexibility index (Phi) is 5.60. The first-order valence-corrected chi connectivity index (χ1v) is 9.44. The van der Waals surface area contributed by atoms with E-state index >= 15 is 0 Å². The molecule has 0 aromatic heterocycles. The van der Waals surface area contributed by atoms with Gasteiger partial charge in [0.05, 0.1) is 0 Å². The number of nitrogens with zero attached hydrogens (tertiary/aromatic N) is 2. The Labute approximate surface area is 140 Å². The molecule has 1 N–H and O–H groups in total. The van der Waals surface area contributed by atoms with Crippen molar-refractivity contribution in [2.75, 3.05) is 46.4 Å². The van der Waals surface area contributed by atoms with Crippen LogP contribution < -0.4 is 5.32 Å². The molecule has 2 heterocycles. The first kappa shape index (κ1) is 17.2. The minimum Gasteiger partial charge on any atom is -0.368 e. The molecule has 0 atom stereocenters. The van der Waals surface area contributed by atoms with Gasteiger partial charge in [0.25, 0.3) is 5.91 Å². The normalized spacial score (nSPS) is 32.7. The van der Waals surface area contributed by atoms with Crippen LogP contribution in [0.1, 0.15) is 45.4 Å². The first-order valence-electron chi connectivity index (χ1n) is 9.44. The van der Waals surface area contributed by atoms with Crippen LogP contribution in [-0.4, -0.2) is 73.7 Å². The van der Waals surface area contributed by atoms with E-state index in [4.69, 9.17) is 4.74 Å². The van der Waals surface area contributed by atoms with E-state index in [1.165, 1.54) is 25.7 Å². The van der Waals surface area contributed by atoms with Gasteiger partial charge in [-0.15, -0.1) is 0 Å². The zero-order valence-electron chi connectivity index (χ0n) is 14.9. The number of methoxy groups -OCH3 is 1. The summed E-state index contributed by atoms with van der Waals surface area (Å²) in [6, 6.07) is 0.749. The Hall–Kier alpha value is -0.650. The number of ether oxygens (including phenoxy) is 1. The van der Waals surface area contributed by atoms with Crippen LogP contribution in [-0.2, 0) is 9.53 Å². The molecule has 1 saturated carbocycles. The van der Waals surface area contributed by atoms with E-state index in [-0.39, 0.29) is 5.91 Å². The quantitative estimate of drug-likeness (QED) is 0.854. The molecule has 0 radical (unpaired) electrons. The largest absolute Gasteiger partial charge is 0.368 e. The summed E-state index contributed by atoms with van der Waals surface area (Å²) >= 11 is 0. The van der Waals surface area contributed by atoms with Crippen LogP contribution in [0.2, 0.25) is 0 Å². The Morgan fingerprint density at radius 1 is 1.04 bits per heavy atom. The molecule has 1 aliphatic carbocycles. The molecule has 3 aliphatic rings. The lowest BCUT2D eigenvalue weighted by Gasteiger charge is -2.45. The van der Waals surface area contributed by atoms with Crippen molar-refractivity contribution in [2.24, 2.45) is 5.92 Å². The summed E-state index contributed by atoms with van der Waals surface area (Å²) in [6.07, 6.45) is 6.99. The van der Waals surface area contributed by atoms with Crippen LogP contribution in [0.3, 0.4) is 0 Å². The van der Waals surface area contributed by atoms with Crippen molar-refractivity contribution in [3.63, 3.8) is 0 Å². The smallest absolute Gasteiger partial charge is 0.254 e. The van der Waals surface area contributed by atoms with Gasteiger partial charge in [-0.25, -0.2) is 0 Å². The monoisotopic (exact) mass is 323 g/mol. The van der Waals surface area contributed by atoms with Crippen LogP contribution in [0, 0.1) is 5.92 Å². The summed E-state index contributed by atoms with van der Waals surface area (Å²) < 4.78 is 5.70. The van der Waals surface area contributed by atoms with Crippen molar-refractivity contribution >= 4 is 5.91 Å². The molecule has 2 aliphatic heterocycles. The Morgan fingerprint density at radius 2 is 1.65 bits per heavy atom. The molecule has 132 valence electrons. The number of rotatable bonds is 3. The summed E-state index contributed by atoms with van der Waals surface area (Å²) in [4.78, 5) is 17.7. The maximum atomic E-state index is 13.0. The summed E-state index contributed by atoms with van der Waals surface area (Å²) in [7, 11) is 1.70. The van der Waals surface area contributed by atoms with E-state index in [9.17, 15) is 4.79 Å². The second-order valence-electron chi connectivity index (χ2n) is 7.69. The fraction of sp³-hybridized carbons (Fsp3) is 0.944. The predicted molar refractivity (Wildman–Crippen MR) is 91.4 cm³/mol. The van der Waals surface area contributed by atoms with Crippen LogP contribution in [0.25, 0.3) is 0 Å². The molecule has 0 unspecified atom stereocenters. The zero-order chi connectivity index (χ0) is 16.3. The second kappa shape index (κ2) is 7.49. The minimum absolute atomic E-state index is 0.221. The van der Waals surface area contributed by atoms with E-state index in [1.54, 1.807) is 7.11 Å². The number of hydrogen-bond donors (Lipinski definition) is 1. The van der Waals surface area contributed by atoms with Crippen LogP contribution in [0.5, 0.6) is 0 Å². The van der Waals surface area contributed by atoms with E-state index in [0.717, 1.165) is 64.1 Å². The third kappa shape index (κ3) is 3.72. The molecular weight excluding hydrogens is 290 g/mol. The molecular formula is C18H33N3O2. The second-order valence-corrected chi connectivity index (χ2v) is 7.69. The first-order chi connectivity index (χ1) is 11.1. The van der Waals surface area contributed by atoms with Gasteiger partial charge in [0.1, 0.15) is 5.60 Å². The third-order valence-corrected chi connectivity index (χ3v) is 6.29. The molecule has 3 rings (SSSR count). The minimum atomic E-state index is -0.576. The number of amides is 1. The Morgan fingerprint density at radius 3 is 2.22 bits per heavy atom. The van der Waals surface area contributed by atoms with Crippen molar-refractivity contribution in [3.05, 3.63) is 0 Å². The Balaban J connectivity index is 1.53. The maximum Gasteiger partial charge on any atom is 0.254 e. The average Bonchev–Trinajstić information content (AvgIpc) is 2.62. The van der Waals surface area contributed by atoms with E-state index < -0.39 is 5.60 Å². The van der Waals surface area contributed by atoms with Gasteiger partial charge < -0.3 is 15.0 Å². The number of hydrogen-bond acceptors (Lipinski definition) is 4. The SMILES string of the molecule is COC1(C(=O)N2CCN(C3CCC(C)CC3)CC2)CCNCC1. The van der Waals surface area contributed by atoms with Gasteiger partial charge in [-0.3, -0.25) is 9.69 Å².